The molecule has 0 radical (unpaired) electrons. The molecule has 0 N–H and O–H groups in total. The van der Waals surface area contributed by atoms with Crippen molar-refractivity contribution >= 4 is 22.4 Å². The van der Waals surface area contributed by atoms with E-state index in [2.05, 4.69) is 12.1 Å². The van der Waals surface area contributed by atoms with E-state index in [1.807, 2.05) is 36.9 Å². The second kappa shape index (κ2) is 8.82. The monoisotopic (exact) mass is 455 g/mol. The summed E-state index contributed by atoms with van der Waals surface area (Å²) in [4.78, 5) is 15.0. The van der Waals surface area contributed by atoms with Gasteiger partial charge in [0.15, 0.2) is 0 Å². The van der Waals surface area contributed by atoms with Crippen LogP contribution in [0.15, 0.2) is 71.4 Å². The minimum atomic E-state index is -0.285. The van der Waals surface area contributed by atoms with Gasteiger partial charge in [-0.1, -0.05) is 36.4 Å². The summed E-state index contributed by atoms with van der Waals surface area (Å²) in [6, 6.07) is 16.6. The highest BCUT2D eigenvalue weighted by atomic mass is 19.1. The summed E-state index contributed by atoms with van der Waals surface area (Å²) in [7, 11) is 1.62. The van der Waals surface area contributed by atoms with Crippen LogP contribution in [0.3, 0.4) is 0 Å². The van der Waals surface area contributed by atoms with Crippen molar-refractivity contribution in [2.24, 2.45) is 0 Å². The minimum absolute atomic E-state index is 0.0160. The fraction of sp³-hybridized carbons (Fsp3) is 0.207. The molecule has 4 nitrogen and oxygen atoms in total. The Morgan fingerprint density at radius 2 is 1.85 bits per heavy atom. The largest absolute Gasteiger partial charge is 0.496 e. The first-order chi connectivity index (χ1) is 16.5. The predicted octanol–water partition coefficient (Wildman–Crippen LogP) is 6.54. The van der Waals surface area contributed by atoms with E-state index in [-0.39, 0.29) is 11.7 Å². The third-order valence-corrected chi connectivity index (χ3v) is 6.61. The summed E-state index contributed by atoms with van der Waals surface area (Å²) in [6.45, 7) is 5.19. The molecule has 0 bridgehead atoms. The molecular formula is C29H26FNO3. The molecule has 34 heavy (non-hydrogen) atoms. The molecule has 1 aliphatic heterocycles. The maximum Gasteiger partial charge on any atom is 0.247 e. The van der Waals surface area contributed by atoms with Gasteiger partial charge in [-0.2, -0.15) is 0 Å². The standard InChI is InChI=1S/C29H26FNO3/c1-18(14-27(32)31-13-12-20-6-4-5-7-22(20)16-31)24-15-25-26(21-8-10-23(30)11-9-21)17-34-29(25)19(2)28(24)33-3/h4-11,14-15,17H,12-13,16H2,1-3H3/b18-14+. The average molecular weight is 456 g/mol. The summed E-state index contributed by atoms with van der Waals surface area (Å²) < 4.78 is 25.1. The van der Waals surface area contributed by atoms with Crippen molar-refractivity contribution in [2.45, 2.75) is 26.8 Å². The molecule has 0 saturated carbocycles. The van der Waals surface area contributed by atoms with Gasteiger partial charge in [0.05, 0.1) is 13.4 Å². The molecule has 0 saturated heterocycles. The number of benzene rings is 3. The number of hydrogen-bond donors (Lipinski definition) is 0. The highest BCUT2D eigenvalue weighted by Crippen LogP contribution is 2.40. The Kier molecular flexibility index (Phi) is 5.70. The topological polar surface area (TPSA) is 42.7 Å². The number of ether oxygens (including phenoxy) is 1. The minimum Gasteiger partial charge on any atom is -0.496 e. The zero-order valence-electron chi connectivity index (χ0n) is 19.5. The Morgan fingerprint density at radius 3 is 2.59 bits per heavy atom. The van der Waals surface area contributed by atoms with Crippen molar-refractivity contribution < 1.29 is 18.3 Å². The molecule has 1 amide bonds. The lowest BCUT2D eigenvalue weighted by Crippen LogP contribution is -2.34. The van der Waals surface area contributed by atoms with E-state index in [0.29, 0.717) is 24.4 Å². The van der Waals surface area contributed by atoms with E-state index in [1.165, 1.54) is 23.3 Å². The van der Waals surface area contributed by atoms with Crippen LogP contribution in [0.5, 0.6) is 5.75 Å². The molecule has 1 aliphatic rings. The summed E-state index contributed by atoms with van der Waals surface area (Å²) in [6.07, 6.45) is 4.23. The zero-order chi connectivity index (χ0) is 23.8. The molecule has 172 valence electrons. The van der Waals surface area contributed by atoms with Crippen LogP contribution in [0.4, 0.5) is 4.39 Å². The van der Waals surface area contributed by atoms with Crippen molar-refractivity contribution in [3.63, 3.8) is 0 Å². The van der Waals surface area contributed by atoms with Crippen LogP contribution in [0.1, 0.15) is 29.2 Å². The number of fused-ring (bicyclic) bond motifs is 2. The highest BCUT2D eigenvalue weighted by Gasteiger charge is 2.22. The van der Waals surface area contributed by atoms with Gasteiger partial charge in [0, 0.05) is 41.2 Å². The molecule has 0 aliphatic carbocycles. The fourth-order valence-corrected chi connectivity index (χ4v) is 4.76. The van der Waals surface area contributed by atoms with Crippen LogP contribution in [0.2, 0.25) is 0 Å². The quantitative estimate of drug-likeness (QED) is 0.328. The number of carbonyl (C=O) groups excluding carboxylic acids is 1. The van der Waals surface area contributed by atoms with Gasteiger partial charge in [0.1, 0.15) is 17.1 Å². The lowest BCUT2D eigenvalue weighted by atomic mass is 9.96. The first-order valence-electron chi connectivity index (χ1n) is 11.4. The van der Waals surface area contributed by atoms with Crippen molar-refractivity contribution in [1.82, 2.24) is 4.90 Å². The molecule has 5 rings (SSSR count). The van der Waals surface area contributed by atoms with E-state index in [9.17, 15) is 9.18 Å². The molecule has 0 fully saturated rings. The SMILES string of the molecule is COc1c(/C(C)=C/C(=O)N2CCc3ccccc3C2)cc2c(-c3ccc(F)cc3)coc2c1C. The molecule has 0 atom stereocenters. The average Bonchev–Trinajstić information content (AvgIpc) is 3.28. The van der Waals surface area contributed by atoms with Crippen molar-refractivity contribution in [3.05, 3.63) is 95.0 Å². The zero-order valence-corrected chi connectivity index (χ0v) is 19.5. The molecule has 0 unspecified atom stereocenters. The third-order valence-electron chi connectivity index (χ3n) is 6.61. The Hall–Kier alpha value is -3.86. The van der Waals surface area contributed by atoms with Crippen LogP contribution >= 0.6 is 0 Å². The maximum absolute atomic E-state index is 13.4. The van der Waals surface area contributed by atoms with Crippen LogP contribution in [-0.4, -0.2) is 24.5 Å². The fourth-order valence-electron chi connectivity index (χ4n) is 4.76. The lowest BCUT2D eigenvalue weighted by molar-refractivity contribution is -0.126. The Bertz CT molecular complexity index is 1420. The molecular weight excluding hydrogens is 429 g/mol. The Labute approximate surface area is 198 Å². The van der Waals surface area contributed by atoms with Gasteiger partial charge < -0.3 is 14.1 Å². The van der Waals surface area contributed by atoms with Gasteiger partial charge in [-0.25, -0.2) is 4.39 Å². The molecule has 5 heteroatoms. The summed E-state index contributed by atoms with van der Waals surface area (Å²) in [5.41, 5.74) is 7.46. The highest BCUT2D eigenvalue weighted by molar-refractivity contribution is 6.01. The molecule has 3 aromatic carbocycles. The van der Waals surface area contributed by atoms with Gasteiger partial charge >= 0.3 is 0 Å². The van der Waals surface area contributed by atoms with E-state index >= 15 is 0 Å². The smallest absolute Gasteiger partial charge is 0.247 e. The van der Waals surface area contributed by atoms with E-state index in [4.69, 9.17) is 9.15 Å². The number of halogens is 1. The number of methoxy groups -OCH3 is 1. The number of furan rings is 1. The second-order valence-electron chi connectivity index (χ2n) is 8.72. The maximum atomic E-state index is 13.4. The first kappa shape index (κ1) is 22.0. The Balaban J connectivity index is 1.53. The van der Waals surface area contributed by atoms with Crippen molar-refractivity contribution in [3.8, 4) is 16.9 Å². The number of amides is 1. The van der Waals surface area contributed by atoms with Crippen LogP contribution < -0.4 is 4.74 Å². The van der Waals surface area contributed by atoms with Crippen molar-refractivity contribution in [1.29, 1.82) is 0 Å². The van der Waals surface area contributed by atoms with E-state index in [0.717, 1.165) is 39.6 Å². The van der Waals surface area contributed by atoms with E-state index in [1.54, 1.807) is 31.6 Å². The van der Waals surface area contributed by atoms with Gasteiger partial charge in [-0.15, -0.1) is 0 Å². The van der Waals surface area contributed by atoms with Crippen LogP contribution in [0.25, 0.3) is 27.7 Å². The Morgan fingerprint density at radius 1 is 1.12 bits per heavy atom. The molecule has 1 aromatic heterocycles. The van der Waals surface area contributed by atoms with Gasteiger partial charge in [-0.05, 0) is 60.7 Å². The van der Waals surface area contributed by atoms with Gasteiger partial charge in [0.2, 0.25) is 5.91 Å². The number of hydrogen-bond acceptors (Lipinski definition) is 3. The van der Waals surface area contributed by atoms with Crippen LogP contribution in [-0.2, 0) is 17.8 Å². The van der Waals surface area contributed by atoms with Crippen molar-refractivity contribution in [2.75, 3.05) is 13.7 Å². The van der Waals surface area contributed by atoms with Crippen LogP contribution in [0, 0.1) is 12.7 Å². The molecule has 2 heterocycles. The number of allylic oxidation sites excluding steroid dienone is 1. The molecule has 0 spiro atoms. The third kappa shape index (κ3) is 3.87. The summed E-state index contributed by atoms with van der Waals surface area (Å²) >= 11 is 0. The lowest BCUT2D eigenvalue weighted by Gasteiger charge is -2.28. The van der Waals surface area contributed by atoms with Gasteiger partial charge in [0.25, 0.3) is 0 Å². The number of aryl methyl sites for hydroxylation is 1. The molecule has 4 aromatic rings. The number of rotatable bonds is 4. The summed E-state index contributed by atoms with van der Waals surface area (Å²) in [5.74, 6) is 0.378. The van der Waals surface area contributed by atoms with Gasteiger partial charge in [-0.3, -0.25) is 4.79 Å². The first-order valence-corrected chi connectivity index (χ1v) is 11.4. The summed E-state index contributed by atoms with van der Waals surface area (Å²) in [5, 5.41) is 0.895. The number of nitrogens with zero attached hydrogens (tertiary/aromatic N) is 1. The normalized spacial score (nSPS) is 13.8. The predicted molar refractivity (Wildman–Crippen MR) is 132 cm³/mol. The van der Waals surface area contributed by atoms with E-state index < -0.39 is 0 Å². The second-order valence-corrected chi connectivity index (χ2v) is 8.72. The number of carbonyl (C=O) groups is 1.